The van der Waals surface area contributed by atoms with E-state index in [9.17, 15) is 0 Å². The highest BCUT2D eigenvalue weighted by atomic mass is 35.5. The van der Waals surface area contributed by atoms with Crippen molar-refractivity contribution in [2.45, 2.75) is 13.8 Å². The van der Waals surface area contributed by atoms with Gasteiger partial charge in [0.1, 0.15) is 0 Å². The third-order valence-electron chi connectivity index (χ3n) is 0.721. The molecule has 0 aliphatic heterocycles. The van der Waals surface area contributed by atoms with Crippen LogP contribution in [0, 0.1) is 0 Å². The minimum absolute atomic E-state index is 0.447. The Kier molecular flexibility index (Phi) is 4.50. The van der Waals surface area contributed by atoms with Gasteiger partial charge in [0.15, 0.2) is 0 Å². The van der Waals surface area contributed by atoms with Crippen LogP contribution in [-0.4, -0.2) is 0 Å². The molecule has 0 saturated heterocycles. The Hall–Kier alpha value is -0.200. The predicted molar refractivity (Wildman–Crippen MR) is 48.4 cm³/mol. The number of halogens is 2. The summed E-state index contributed by atoms with van der Waals surface area (Å²) in [6.07, 6.45) is 3.44. The fraction of sp³-hybridized carbons (Fsp3) is 0.250. The molecule has 0 N–H and O–H groups in total. The van der Waals surface area contributed by atoms with Gasteiger partial charge in [-0.25, -0.2) is 0 Å². The van der Waals surface area contributed by atoms with Gasteiger partial charge in [-0.15, -0.1) is 0 Å². The molecule has 0 radical (unpaired) electrons. The van der Waals surface area contributed by atoms with Crippen molar-refractivity contribution in [2.24, 2.45) is 0 Å². The first-order valence-electron chi connectivity index (χ1n) is 2.89. The van der Waals surface area contributed by atoms with Crippen LogP contribution in [-0.2, 0) is 0 Å². The molecule has 10 heavy (non-hydrogen) atoms. The molecule has 0 fully saturated rings. The van der Waals surface area contributed by atoms with Gasteiger partial charge in [0.05, 0.1) is 0 Å². The van der Waals surface area contributed by atoms with Gasteiger partial charge in [0.25, 0.3) is 0 Å². The van der Waals surface area contributed by atoms with Crippen molar-refractivity contribution >= 4 is 23.2 Å². The minimum atomic E-state index is 0.447. The lowest BCUT2D eigenvalue weighted by molar-refractivity contribution is 1.39. The summed E-state index contributed by atoms with van der Waals surface area (Å²) >= 11 is 11.2. The van der Waals surface area contributed by atoms with Crippen molar-refractivity contribution in [3.63, 3.8) is 0 Å². The van der Waals surface area contributed by atoms with E-state index in [0.717, 1.165) is 5.57 Å². The Balaban J connectivity index is 4.22. The highest BCUT2D eigenvalue weighted by molar-refractivity contribution is 6.35. The summed E-state index contributed by atoms with van der Waals surface area (Å²) in [5.41, 5.74) is 1.14. The summed E-state index contributed by atoms with van der Waals surface area (Å²) in [5.74, 6) is 0. The quantitative estimate of drug-likeness (QED) is 0.562. The summed E-state index contributed by atoms with van der Waals surface area (Å²) < 4.78 is 0. The lowest BCUT2D eigenvalue weighted by Gasteiger charge is -1.89. The molecule has 0 aromatic carbocycles. The first-order valence-corrected chi connectivity index (χ1v) is 3.64. The largest absolute Gasteiger partial charge is 0.0849 e. The van der Waals surface area contributed by atoms with Crippen LogP contribution in [0.5, 0.6) is 0 Å². The zero-order chi connectivity index (χ0) is 8.15. The van der Waals surface area contributed by atoms with Crippen LogP contribution in [0.1, 0.15) is 13.8 Å². The first kappa shape index (κ1) is 9.80. The van der Waals surface area contributed by atoms with Crippen molar-refractivity contribution in [1.82, 2.24) is 0 Å². The van der Waals surface area contributed by atoms with Crippen LogP contribution in [0.15, 0.2) is 34.4 Å². The van der Waals surface area contributed by atoms with Crippen molar-refractivity contribution < 1.29 is 0 Å². The van der Waals surface area contributed by atoms with Crippen molar-refractivity contribution in [2.75, 3.05) is 0 Å². The maximum absolute atomic E-state index is 5.71. The van der Waals surface area contributed by atoms with Gasteiger partial charge < -0.3 is 0 Å². The highest BCUT2D eigenvalue weighted by Crippen LogP contribution is 2.11. The van der Waals surface area contributed by atoms with Gasteiger partial charge in [-0.05, 0) is 26.0 Å². The van der Waals surface area contributed by atoms with E-state index in [1.807, 2.05) is 19.9 Å². The van der Waals surface area contributed by atoms with Crippen molar-refractivity contribution in [3.05, 3.63) is 34.4 Å². The lowest BCUT2D eigenvalue weighted by atomic mass is 10.3. The third kappa shape index (κ3) is 5.93. The van der Waals surface area contributed by atoms with Crippen LogP contribution in [0.4, 0.5) is 0 Å². The van der Waals surface area contributed by atoms with Gasteiger partial charge in [-0.3, -0.25) is 0 Å². The summed E-state index contributed by atoms with van der Waals surface area (Å²) in [6, 6.07) is 0. The fourth-order valence-corrected chi connectivity index (χ4v) is 0.990. The van der Waals surface area contributed by atoms with E-state index in [0.29, 0.717) is 10.1 Å². The lowest BCUT2D eigenvalue weighted by Crippen LogP contribution is -1.67. The fourth-order valence-electron chi connectivity index (χ4n) is 0.467. The summed E-state index contributed by atoms with van der Waals surface area (Å²) in [7, 11) is 0. The molecule has 0 aliphatic carbocycles. The monoisotopic (exact) mass is 176 g/mol. The summed E-state index contributed by atoms with van der Waals surface area (Å²) in [5, 5.41) is 1.06. The van der Waals surface area contributed by atoms with E-state index in [2.05, 4.69) is 6.58 Å². The molecule has 0 bridgehead atoms. The number of hydrogen-bond acceptors (Lipinski definition) is 0. The molecular weight excluding hydrogens is 167 g/mol. The number of allylic oxidation sites excluding steroid dienone is 5. The maximum atomic E-state index is 5.71. The molecule has 0 saturated carbocycles. The Morgan fingerprint density at radius 2 is 1.70 bits per heavy atom. The molecule has 0 heterocycles. The van der Waals surface area contributed by atoms with Crippen LogP contribution in [0.25, 0.3) is 0 Å². The van der Waals surface area contributed by atoms with E-state index in [1.54, 1.807) is 6.08 Å². The average molecular weight is 177 g/mol. The topological polar surface area (TPSA) is 0 Å². The van der Waals surface area contributed by atoms with Gasteiger partial charge in [-0.1, -0.05) is 35.4 Å². The normalized spacial score (nSPS) is 11.0. The Bertz CT molecular complexity index is 183. The summed E-state index contributed by atoms with van der Waals surface area (Å²) in [6.45, 7) is 7.41. The van der Waals surface area contributed by atoms with Crippen LogP contribution in [0.3, 0.4) is 0 Å². The molecule has 0 rings (SSSR count). The average Bonchev–Trinajstić information content (AvgIpc) is 1.58. The maximum Gasteiger partial charge on any atom is 0.0419 e. The van der Waals surface area contributed by atoms with Crippen LogP contribution >= 0.6 is 23.2 Å². The molecule has 0 unspecified atom stereocenters. The molecule has 0 nitrogen and oxygen atoms in total. The standard InChI is InChI=1S/C8H10Cl2/c1-6(2)4-8(10)5-7(3)9/h4-5H,3H2,1-2H3/b8-5+. The zero-order valence-corrected chi connectivity index (χ0v) is 7.63. The van der Waals surface area contributed by atoms with E-state index in [-0.39, 0.29) is 0 Å². The van der Waals surface area contributed by atoms with E-state index < -0.39 is 0 Å². The molecule has 0 atom stereocenters. The number of rotatable bonds is 2. The molecular formula is C8H10Cl2. The second-order valence-corrected chi connectivity index (χ2v) is 3.12. The Morgan fingerprint density at radius 3 is 2.00 bits per heavy atom. The highest BCUT2D eigenvalue weighted by Gasteiger charge is 1.86. The molecule has 0 aromatic heterocycles. The van der Waals surface area contributed by atoms with Crippen molar-refractivity contribution in [3.8, 4) is 0 Å². The van der Waals surface area contributed by atoms with Gasteiger partial charge in [-0.2, -0.15) is 0 Å². The Morgan fingerprint density at radius 1 is 1.20 bits per heavy atom. The second-order valence-electron chi connectivity index (χ2n) is 2.20. The van der Waals surface area contributed by atoms with Gasteiger partial charge in [0.2, 0.25) is 0 Å². The molecule has 0 aliphatic rings. The first-order chi connectivity index (χ1) is 4.52. The molecule has 56 valence electrons. The van der Waals surface area contributed by atoms with Crippen molar-refractivity contribution in [1.29, 1.82) is 0 Å². The van der Waals surface area contributed by atoms with E-state index >= 15 is 0 Å². The molecule has 0 amide bonds. The van der Waals surface area contributed by atoms with Gasteiger partial charge >= 0.3 is 0 Å². The zero-order valence-electron chi connectivity index (χ0n) is 6.12. The summed E-state index contributed by atoms with van der Waals surface area (Å²) in [4.78, 5) is 0. The molecule has 0 spiro atoms. The van der Waals surface area contributed by atoms with E-state index in [1.165, 1.54) is 0 Å². The van der Waals surface area contributed by atoms with Gasteiger partial charge in [0, 0.05) is 10.1 Å². The Labute approximate surface area is 71.8 Å². The molecule has 0 aromatic rings. The number of hydrogen-bond donors (Lipinski definition) is 0. The predicted octanol–water partition coefficient (Wildman–Crippen LogP) is 3.83. The second kappa shape index (κ2) is 4.59. The van der Waals surface area contributed by atoms with Crippen LogP contribution < -0.4 is 0 Å². The van der Waals surface area contributed by atoms with Crippen LogP contribution in [0.2, 0.25) is 0 Å². The third-order valence-corrected chi connectivity index (χ3v) is 1.05. The molecule has 2 heteroatoms. The van der Waals surface area contributed by atoms with E-state index in [4.69, 9.17) is 23.2 Å². The SMILES string of the molecule is C=C(Cl)/C=C(/Cl)C=C(C)C. The minimum Gasteiger partial charge on any atom is -0.0849 e. The smallest absolute Gasteiger partial charge is 0.0419 e.